The lowest BCUT2D eigenvalue weighted by atomic mass is 9.81. The van der Waals surface area contributed by atoms with E-state index in [-0.39, 0.29) is 12.0 Å². The van der Waals surface area contributed by atoms with Gasteiger partial charge >= 0.3 is 0 Å². The molecule has 15 heavy (non-hydrogen) atoms. The molecule has 3 nitrogen and oxygen atoms in total. The van der Waals surface area contributed by atoms with Gasteiger partial charge in [0.05, 0.1) is 24.0 Å². The predicted octanol–water partition coefficient (Wildman–Crippen LogP) is 2.10. The molecular weight excluding hydrogens is 193 g/mol. The van der Waals surface area contributed by atoms with Gasteiger partial charge in [-0.3, -0.25) is 0 Å². The molecule has 0 fully saturated rings. The molecule has 1 unspecified atom stereocenters. The third-order valence-electron chi connectivity index (χ3n) is 2.27. The third-order valence-corrected chi connectivity index (χ3v) is 2.27. The monoisotopic (exact) mass is 203 g/mol. The SMILES string of the molecule is CC(C#N)(CC#N)c1ccc(N)cc1F. The molecule has 1 atom stereocenters. The smallest absolute Gasteiger partial charge is 0.130 e. The first-order valence-corrected chi connectivity index (χ1v) is 4.37. The Morgan fingerprint density at radius 3 is 2.60 bits per heavy atom. The second-order valence-electron chi connectivity index (χ2n) is 3.52. The lowest BCUT2D eigenvalue weighted by molar-refractivity contribution is 0.544. The topological polar surface area (TPSA) is 73.6 Å². The van der Waals surface area contributed by atoms with Crippen molar-refractivity contribution in [2.75, 3.05) is 5.73 Å². The summed E-state index contributed by atoms with van der Waals surface area (Å²) in [6.45, 7) is 1.53. The second kappa shape index (κ2) is 3.98. The van der Waals surface area contributed by atoms with Gasteiger partial charge in [-0.25, -0.2) is 4.39 Å². The number of halogens is 1. The fourth-order valence-corrected chi connectivity index (χ4v) is 1.33. The minimum atomic E-state index is -1.12. The number of nitriles is 2. The van der Waals surface area contributed by atoms with Gasteiger partial charge < -0.3 is 5.73 Å². The number of benzene rings is 1. The lowest BCUT2D eigenvalue weighted by Crippen LogP contribution is -2.20. The Bertz CT molecular complexity index is 456. The Balaban J connectivity index is 3.27. The van der Waals surface area contributed by atoms with E-state index < -0.39 is 11.2 Å². The van der Waals surface area contributed by atoms with Gasteiger partial charge in [-0.1, -0.05) is 6.07 Å². The van der Waals surface area contributed by atoms with Crippen molar-refractivity contribution in [3.05, 3.63) is 29.6 Å². The number of anilines is 1. The highest BCUT2D eigenvalue weighted by molar-refractivity contribution is 5.44. The predicted molar refractivity (Wildman–Crippen MR) is 54.0 cm³/mol. The summed E-state index contributed by atoms with van der Waals surface area (Å²) < 4.78 is 13.5. The maximum atomic E-state index is 13.5. The molecule has 1 aromatic rings. The average molecular weight is 203 g/mol. The van der Waals surface area contributed by atoms with Crippen LogP contribution in [0.25, 0.3) is 0 Å². The first-order valence-electron chi connectivity index (χ1n) is 4.37. The normalized spacial score (nSPS) is 13.6. The average Bonchev–Trinajstić information content (AvgIpc) is 2.17. The van der Waals surface area contributed by atoms with Crippen LogP contribution >= 0.6 is 0 Å². The number of nitrogen functional groups attached to an aromatic ring is 1. The molecule has 2 N–H and O–H groups in total. The van der Waals surface area contributed by atoms with Crippen LogP contribution in [0.5, 0.6) is 0 Å². The van der Waals surface area contributed by atoms with E-state index in [0.29, 0.717) is 5.69 Å². The van der Waals surface area contributed by atoms with Crippen LogP contribution < -0.4 is 5.73 Å². The summed E-state index contributed by atoms with van der Waals surface area (Å²) in [5.74, 6) is -0.547. The highest BCUT2D eigenvalue weighted by Crippen LogP contribution is 2.29. The molecule has 0 aromatic heterocycles. The zero-order valence-electron chi connectivity index (χ0n) is 8.29. The minimum absolute atomic E-state index is 0.0513. The molecule has 0 aliphatic heterocycles. The molecule has 0 amide bonds. The zero-order valence-corrected chi connectivity index (χ0v) is 8.29. The van der Waals surface area contributed by atoms with E-state index in [2.05, 4.69) is 0 Å². The molecule has 0 saturated carbocycles. The van der Waals surface area contributed by atoms with E-state index in [4.69, 9.17) is 16.3 Å². The van der Waals surface area contributed by atoms with Crippen LogP contribution in [0.1, 0.15) is 18.9 Å². The fraction of sp³-hybridized carbons (Fsp3) is 0.273. The summed E-state index contributed by atoms with van der Waals surface area (Å²) in [6, 6.07) is 7.96. The first-order chi connectivity index (χ1) is 7.03. The molecular formula is C11H10FN3. The van der Waals surface area contributed by atoms with Crippen molar-refractivity contribution >= 4 is 5.69 Å². The van der Waals surface area contributed by atoms with E-state index in [1.807, 2.05) is 12.1 Å². The highest BCUT2D eigenvalue weighted by atomic mass is 19.1. The highest BCUT2D eigenvalue weighted by Gasteiger charge is 2.29. The quantitative estimate of drug-likeness (QED) is 0.748. The fourth-order valence-electron chi connectivity index (χ4n) is 1.33. The molecule has 0 radical (unpaired) electrons. The van der Waals surface area contributed by atoms with Crippen LogP contribution in [-0.4, -0.2) is 0 Å². The van der Waals surface area contributed by atoms with E-state index in [0.717, 1.165) is 6.07 Å². The lowest BCUT2D eigenvalue weighted by Gasteiger charge is -2.19. The molecule has 4 heteroatoms. The maximum Gasteiger partial charge on any atom is 0.130 e. The van der Waals surface area contributed by atoms with Crippen LogP contribution in [0, 0.1) is 28.5 Å². The molecule has 0 heterocycles. The Morgan fingerprint density at radius 2 is 2.13 bits per heavy atom. The molecule has 0 saturated heterocycles. The largest absolute Gasteiger partial charge is 0.399 e. The van der Waals surface area contributed by atoms with Crippen LogP contribution in [0.4, 0.5) is 10.1 Å². The summed E-state index contributed by atoms with van der Waals surface area (Å²) >= 11 is 0. The van der Waals surface area contributed by atoms with Crippen molar-refractivity contribution in [3.8, 4) is 12.1 Å². The van der Waals surface area contributed by atoms with E-state index in [1.165, 1.54) is 19.1 Å². The summed E-state index contributed by atoms with van der Waals surface area (Å²) in [5.41, 5.74) is 4.79. The van der Waals surface area contributed by atoms with Crippen LogP contribution in [0.3, 0.4) is 0 Å². The standard InChI is InChI=1S/C11H10FN3/c1-11(7-14,4-5-13)9-3-2-8(15)6-10(9)12/h2-3,6H,4,15H2,1H3. The Morgan fingerprint density at radius 1 is 1.47 bits per heavy atom. The van der Waals surface area contributed by atoms with Crippen molar-refractivity contribution in [1.82, 2.24) is 0 Å². The number of hydrogen-bond donors (Lipinski definition) is 1. The number of nitrogens with zero attached hydrogens (tertiary/aromatic N) is 2. The Kier molecular flexibility index (Phi) is 2.92. The Labute approximate surface area is 87.5 Å². The molecule has 76 valence electrons. The summed E-state index contributed by atoms with van der Waals surface area (Å²) in [5, 5.41) is 17.6. The molecule has 1 rings (SSSR count). The van der Waals surface area contributed by atoms with Gasteiger partial charge in [0.25, 0.3) is 0 Å². The van der Waals surface area contributed by atoms with Gasteiger partial charge in [-0.05, 0) is 19.1 Å². The maximum absolute atomic E-state index is 13.5. The second-order valence-corrected chi connectivity index (χ2v) is 3.52. The number of rotatable bonds is 2. The zero-order chi connectivity index (χ0) is 11.5. The molecule has 0 bridgehead atoms. The van der Waals surface area contributed by atoms with Gasteiger partial charge in [0.2, 0.25) is 0 Å². The Hall–Kier alpha value is -2.07. The van der Waals surface area contributed by atoms with E-state index in [1.54, 1.807) is 0 Å². The van der Waals surface area contributed by atoms with Gasteiger partial charge in [-0.2, -0.15) is 10.5 Å². The van der Waals surface area contributed by atoms with Crippen molar-refractivity contribution < 1.29 is 4.39 Å². The van der Waals surface area contributed by atoms with Gasteiger partial charge in [0, 0.05) is 11.3 Å². The van der Waals surface area contributed by atoms with Crippen LogP contribution in [0.15, 0.2) is 18.2 Å². The van der Waals surface area contributed by atoms with Crippen molar-refractivity contribution in [1.29, 1.82) is 10.5 Å². The molecule has 0 spiro atoms. The van der Waals surface area contributed by atoms with Crippen molar-refractivity contribution in [3.63, 3.8) is 0 Å². The van der Waals surface area contributed by atoms with Gasteiger partial charge in [-0.15, -0.1) is 0 Å². The molecule has 0 aliphatic carbocycles. The van der Waals surface area contributed by atoms with Crippen LogP contribution in [-0.2, 0) is 5.41 Å². The summed E-state index contributed by atoms with van der Waals surface area (Å²) in [7, 11) is 0. The van der Waals surface area contributed by atoms with E-state index in [9.17, 15) is 4.39 Å². The van der Waals surface area contributed by atoms with E-state index >= 15 is 0 Å². The number of hydrogen-bond acceptors (Lipinski definition) is 3. The van der Waals surface area contributed by atoms with Crippen molar-refractivity contribution in [2.45, 2.75) is 18.8 Å². The van der Waals surface area contributed by atoms with Gasteiger partial charge in [0.1, 0.15) is 5.82 Å². The molecule has 1 aromatic carbocycles. The number of nitrogens with two attached hydrogens (primary N) is 1. The van der Waals surface area contributed by atoms with Crippen LogP contribution in [0.2, 0.25) is 0 Å². The van der Waals surface area contributed by atoms with Crippen molar-refractivity contribution in [2.24, 2.45) is 0 Å². The van der Waals surface area contributed by atoms with Gasteiger partial charge in [0.15, 0.2) is 0 Å². The first kappa shape index (κ1) is 11.0. The molecule has 0 aliphatic rings. The third kappa shape index (κ3) is 2.05. The summed E-state index contributed by atoms with van der Waals surface area (Å²) in [6.07, 6.45) is -0.0513. The summed E-state index contributed by atoms with van der Waals surface area (Å²) in [4.78, 5) is 0. The minimum Gasteiger partial charge on any atom is -0.399 e.